The molecule has 49 heavy (non-hydrogen) atoms. The molecule has 0 atom stereocenters. The highest BCUT2D eigenvalue weighted by atomic mass is 35.5. The number of benzene rings is 4. The molecule has 0 aliphatic carbocycles. The Balaban J connectivity index is 1.25. The molecular formula is C39H37BClN5O3. The summed E-state index contributed by atoms with van der Waals surface area (Å²) in [5, 5.41) is 1.21. The van der Waals surface area contributed by atoms with E-state index in [-0.39, 0.29) is 0 Å². The average molecular weight is 670 g/mol. The first-order valence-electron chi connectivity index (χ1n) is 16.6. The van der Waals surface area contributed by atoms with Crippen molar-refractivity contribution in [2.24, 2.45) is 0 Å². The van der Waals surface area contributed by atoms with Crippen molar-refractivity contribution in [2.75, 3.05) is 18.1 Å². The molecule has 1 saturated heterocycles. The van der Waals surface area contributed by atoms with Gasteiger partial charge in [-0.05, 0) is 50.5 Å². The molecule has 4 heterocycles. The quantitative estimate of drug-likeness (QED) is 0.134. The lowest BCUT2D eigenvalue weighted by molar-refractivity contribution is 0.00578. The smallest absolute Gasteiger partial charge is 0.489 e. The maximum Gasteiger partial charge on any atom is 0.496 e. The van der Waals surface area contributed by atoms with E-state index in [1.165, 1.54) is 0 Å². The molecule has 10 heteroatoms. The molecule has 2 aliphatic rings. The highest BCUT2D eigenvalue weighted by molar-refractivity contribution is 6.66. The third-order valence-electron chi connectivity index (χ3n) is 10.2. The van der Waals surface area contributed by atoms with Crippen LogP contribution >= 0.6 is 11.6 Å². The minimum absolute atomic E-state index is 0.396. The van der Waals surface area contributed by atoms with E-state index in [0.717, 1.165) is 33.6 Å². The zero-order chi connectivity index (χ0) is 33.8. The number of hydrogen-bond acceptors (Lipinski definition) is 7. The summed E-state index contributed by atoms with van der Waals surface area (Å²) in [4.78, 5) is 16.5. The Bertz CT molecular complexity index is 2010. The Morgan fingerprint density at radius 2 is 1.39 bits per heavy atom. The van der Waals surface area contributed by atoms with Crippen molar-refractivity contribution in [3.05, 3.63) is 143 Å². The number of imidazole rings is 1. The van der Waals surface area contributed by atoms with Gasteiger partial charge in [0.2, 0.25) is 0 Å². The van der Waals surface area contributed by atoms with E-state index < -0.39 is 23.9 Å². The molecule has 0 spiro atoms. The number of ether oxygens (including phenoxy) is 1. The third-order valence-corrected chi connectivity index (χ3v) is 10.6. The summed E-state index contributed by atoms with van der Waals surface area (Å²) < 4.78 is 21.5. The highest BCUT2D eigenvalue weighted by Gasteiger charge is 2.52. The van der Waals surface area contributed by atoms with Crippen LogP contribution < -0.4 is 15.1 Å². The Hall–Kier alpha value is -4.70. The highest BCUT2D eigenvalue weighted by Crippen LogP contribution is 2.44. The molecule has 0 unspecified atom stereocenters. The van der Waals surface area contributed by atoms with E-state index in [4.69, 9.17) is 35.6 Å². The molecule has 2 aromatic heterocycles. The molecule has 8 nitrogen and oxygen atoms in total. The molecule has 0 bridgehead atoms. The standard InChI is InChI=1S/C39H37BClN5O3/c1-37(2)38(3,4)49-40(48-37)31-22-32-33-35(34(31)41)47-21-20-45(36(33)44-25-43-32)24-30-23-42-26-46(30)39(27-14-8-5-9-15-27,28-16-10-6-11-17-28)29-18-12-7-13-19-29/h5-19,22-23,25-26H,20-21,24H2,1-4H3. The first kappa shape index (κ1) is 31.6. The van der Waals surface area contributed by atoms with Crippen LogP contribution in [0.2, 0.25) is 5.02 Å². The van der Waals surface area contributed by atoms with Crippen molar-refractivity contribution in [1.29, 1.82) is 0 Å². The van der Waals surface area contributed by atoms with Gasteiger partial charge in [0.05, 0.1) is 52.2 Å². The van der Waals surface area contributed by atoms with E-state index in [2.05, 4.69) is 105 Å². The molecule has 4 aromatic carbocycles. The zero-order valence-electron chi connectivity index (χ0n) is 28.0. The largest absolute Gasteiger partial charge is 0.496 e. The molecule has 0 N–H and O–H groups in total. The van der Waals surface area contributed by atoms with E-state index >= 15 is 0 Å². The fourth-order valence-electron chi connectivity index (χ4n) is 7.10. The SMILES string of the molecule is CC1(C)OB(c2cc3ncnc4c3c(c2Cl)OCCN4Cc2cncn2C(c2ccccc2)(c2ccccc2)c2ccccc2)OC1(C)C. The predicted octanol–water partition coefficient (Wildman–Crippen LogP) is 7.02. The van der Waals surface area contributed by atoms with Gasteiger partial charge in [-0.25, -0.2) is 15.0 Å². The van der Waals surface area contributed by atoms with Crippen LogP contribution in [-0.4, -0.2) is 51.0 Å². The number of rotatable bonds is 7. The van der Waals surface area contributed by atoms with E-state index in [0.29, 0.717) is 41.4 Å². The van der Waals surface area contributed by atoms with Crippen LogP contribution in [0.5, 0.6) is 5.75 Å². The van der Waals surface area contributed by atoms with E-state index in [1.54, 1.807) is 6.33 Å². The van der Waals surface area contributed by atoms with Gasteiger partial charge in [-0.15, -0.1) is 0 Å². The summed E-state index contributed by atoms with van der Waals surface area (Å²) in [7, 11) is -0.657. The minimum atomic E-state index is -0.697. The van der Waals surface area contributed by atoms with Crippen molar-refractivity contribution in [3.8, 4) is 5.75 Å². The van der Waals surface area contributed by atoms with Gasteiger partial charge in [0, 0.05) is 11.7 Å². The van der Waals surface area contributed by atoms with Gasteiger partial charge in [-0.1, -0.05) is 103 Å². The van der Waals surface area contributed by atoms with Crippen molar-refractivity contribution >= 4 is 40.9 Å². The summed E-state index contributed by atoms with van der Waals surface area (Å²) in [6.07, 6.45) is 5.48. The minimum Gasteiger partial charge on any atom is -0.489 e. The van der Waals surface area contributed by atoms with Gasteiger partial charge in [-0.2, -0.15) is 0 Å². The van der Waals surface area contributed by atoms with Gasteiger partial charge in [0.1, 0.15) is 24.3 Å². The van der Waals surface area contributed by atoms with Gasteiger partial charge in [0.15, 0.2) is 5.75 Å². The van der Waals surface area contributed by atoms with Crippen LogP contribution in [0.15, 0.2) is 116 Å². The summed E-state index contributed by atoms with van der Waals surface area (Å²) in [6.45, 7) is 9.59. The number of aromatic nitrogens is 4. The lowest BCUT2D eigenvalue weighted by atomic mass is 9.76. The maximum absolute atomic E-state index is 7.14. The molecule has 8 rings (SSSR count). The number of anilines is 1. The summed E-state index contributed by atoms with van der Waals surface area (Å²) in [5.41, 5.74) is 4.06. The second-order valence-electron chi connectivity index (χ2n) is 13.6. The van der Waals surface area contributed by atoms with Crippen molar-refractivity contribution < 1.29 is 14.0 Å². The topological polar surface area (TPSA) is 74.5 Å². The zero-order valence-corrected chi connectivity index (χ0v) is 28.8. The van der Waals surface area contributed by atoms with Crippen molar-refractivity contribution in [2.45, 2.75) is 51.0 Å². The first-order chi connectivity index (χ1) is 23.7. The van der Waals surface area contributed by atoms with Gasteiger partial charge < -0.3 is 23.5 Å². The second kappa shape index (κ2) is 12.0. The van der Waals surface area contributed by atoms with Gasteiger partial charge in [-0.3, -0.25) is 0 Å². The molecule has 0 radical (unpaired) electrons. The van der Waals surface area contributed by atoms with Crippen LogP contribution in [0.3, 0.4) is 0 Å². The Labute approximate surface area is 291 Å². The molecule has 0 amide bonds. The lowest BCUT2D eigenvalue weighted by Crippen LogP contribution is -2.41. The molecule has 0 saturated carbocycles. The molecule has 2 aliphatic heterocycles. The summed E-state index contributed by atoms with van der Waals surface area (Å²) >= 11 is 7.14. The molecule has 246 valence electrons. The average Bonchev–Trinajstić information content (AvgIpc) is 3.59. The fourth-order valence-corrected chi connectivity index (χ4v) is 7.39. The van der Waals surface area contributed by atoms with Gasteiger partial charge >= 0.3 is 7.12 Å². The summed E-state index contributed by atoms with van der Waals surface area (Å²) in [6, 6.07) is 33.8. The van der Waals surface area contributed by atoms with Crippen LogP contribution in [0, 0.1) is 0 Å². The normalized spacial score (nSPS) is 16.8. The first-order valence-corrected chi connectivity index (χ1v) is 17.0. The predicted molar refractivity (Wildman–Crippen MR) is 194 cm³/mol. The molecular weight excluding hydrogens is 633 g/mol. The third kappa shape index (κ3) is 5.10. The number of nitrogens with zero attached hydrogens (tertiary/aromatic N) is 5. The Morgan fingerprint density at radius 1 is 0.816 bits per heavy atom. The van der Waals surface area contributed by atoms with Crippen molar-refractivity contribution in [1.82, 2.24) is 19.5 Å². The van der Waals surface area contributed by atoms with Gasteiger partial charge in [0.25, 0.3) is 0 Å². The van der Waals surface area contributed by atoms with Crippen LogP contribution in [0.25, 0.3) is 10.9 Å². The van der Waals surface area contributed by atoms with Crippen LogP contribution in [0.1, 0.15) is 50.1 Å². The van der Waals surface area contributed by atoms with Crippen molar-refractivity contribution in [3.63, 3.8) is 0 Å². The lowest BCUT2D eigenvalue weighted by Gasteiger charge is -2.39. The number of halogens is 1. The monoisotopic (exact) mass is 669 g/mol. The molecule has 1 fully saturated rings. The van der Waals surface area contributed by atoms with E-state index in [1.807, 2.05) is 46.3 Å². The Morgan fingerprint density at radius 3 is 1.96 bits per heavy atom. The number of hydrogen-bond donors (Lipinski definition) is 0. The van der Waals surface area contributed by atoms with Crippen LogP contribution in [-0.2, 0) is 21.4 Å². The maximum atomic E-state index is 7.14. The summed E-state index contributed by atoms with van der Waals surface area (Å²) in [5.74, 6) is 1.29. The van der Waals surface area contributed by atoms with Crippen LogP contribution in [0.4, 0.5) is 5.82 Å². The van der Waals surface area contributed by atoms with E-state index in [9.17, 15) is 0 Å². The fraction of sp³-hybridized carbons (Fsp3) is 0.256. The molecule has 6 aromatic rings. The second-order valence-corrected chi connectivity index (χ2v) is 14.0. The Kier molecular flexibility index (Phi) is 7.74.